The molecule has 0 saturated heterocycles. The topological polar surface area (TPSA) is 32.3 Å². The Bertz CT molecular complexity index is 624. The molecule has 3 rings (SSSR count). The summed E-state index contributed by atoms with van der Waals surface area (Å²) in [5.74, 6) is 0.138. The van der Waals surface area contributed by atoms with E-state index < -0.39 is 0 Å². The number of hydrogen-bond acceptors (Lipinski definition) is 2. The van der Waals surface area contributed by atoms with Crippen LogP contribution >= 0.6 is 0 Å². The first-order valence-corrected chi connectivity index (χ1v) is 6.48. The maximum absolute atomic E-state index is 13.2. The van der Waals surface area contributed by atoms with Crippen LogP contribution in [-0.2, 0) is 6.42 Å². The minimum Gasteiger partial charge on any atom is -0.508 e. The zero-order valence-corrected chi connectivity index (χ0v) is 10.8. The summed E-state index contributed by atoms with van der Waals surface area (Å²) >= 11 is 0. The van der Waals surface area contributed by atoms with Crippen molar-refractivity contribution in [3.05, 3.63) is 58.9 Å². The average Bonchev–Trinajstić information content (AvgIpc) is 2.76. The van der Waals surface area contributed by atoms with Crippen LogP contribution in [0.25, 0.3) is 0 Å². The van der Waals surface area contributed by atoms with Gasteiger partial charge in [0.2, 0.25) is 0 Å². The number of halogens is 1. The number of phenols is 1. The fourth-order valence-corrected chi connectivity index (χ4v) is 2.68. The summed E-state index contributed by atoms with van der Waals surface area (Å²) in [4.78, 5) is 0. The Kier molecular flexibility index (Phi) is 2.90. The van der Waals surface area contributed by atoms with Gasteiger partial charge in [0.1, 0.15) is 11.6 Å². The maximum Gasteiger partial charge on any atom is 0.123 e. The van der Waals surface area contributed by atoms with E-state index in [9.17, 15) is 9.50 Å². The lowest BCUT2D eigenvalue weighted by molar-refractivity contribution is 0.471. The number of aryl methyl sites for hydroxylation is 2. The van der Waals surface area contributed by atoms with Crippen LogP contribution in [0, 0.1) is 12.7 Å². The summed E-state index contributed by atoms with van der Waals surface area (Å²) in [5, 5.41) is 13.0. The van der Waals surface area contributed by atoms with Crippen LogP contribution in [0.3, 0.4) is 0 Å². The molecule has 0 saturated carbocycles. The van der Waals surface area contributed by atoms with Crippen LogP contribution in [0.5, 0.6) is 5.75 Å². The molecule has 0 radical (unpaired) electrons. The predicted octanol–water partition coefficient (Wildman–Crippen LogP) is 3.94. The number of benzene rings is 2. The van der Waals surface area contributed by atoms with Crippen molar-refractivity contribution >= 4 is 5.69 Å². The predicted molar refractivity (Wildman–Crippen MR) is 73.9 cm³/mol. The summed E-state index contributed by atoms with van der Waals surface area (Å²) in [6, 6.07) is 10.7. The van der Waals surface area contributed by atoms with Crippen LogP contribution < -0.4 is 5.32 Å². The van der Waals surface area contributed by atoms with E-state index in [1.807, 2.05) is 25.1 Å². The number of rotatable bonds is 2. The van der Waals surface area contributed by atoms with E-state index in [0.717, 1.165) is 29.7 Å². The average molecular weight is 257 g/mol. The van der Waals surface area contributed by atoms with Gasteiger partial charge in [-0.05, 0) is 66.8 Å². The molecule has 0 amide bonds. The van der Waals surface area contributed by atoms with Crippen LogP contribution in [0.2, 0.25) is 0 Å². The van der Waals surface area contributed by atoms with Crippen molar-refractivity contribution in [3.8, 4) is 5.75 Å². The Morgan fingerprint density at radius 2 is 2.05 bits per heavy atom. The summed E-state index contributed by atoms with van der Waals surface area (Å²) in [5.41, 5.74) is 4.10. The number of nitrogens with one attached hydrogen (secondary N) is 1. The number of anilines is 1. The van der Waals surface area contributed by atoms with Gasteiger partial charge in [-0.1, -0.05) is 6.07 Å². The fraction of sp³-hybridized carbons (Fsp3) is 0.250. The molecule has 1 unspecified atom stereocenters. The van der Waals surface area contributed by atoms with E-state index in [2.05, 4.69) is 5.32 Å². The molecule has 1 atom stereocenters. The van der Waals surface area contributed by atoms with Gasteiger partial charge in [-0.3, -0.25) is 0 Å². The fourth-order valence-electron chi connectivity index (χ4n) is 2.68. The molecule has 2 nitrogen and oxygen atoms in total. The Hall–Kier alpha value is -2.03. The smallest absolute Gasteiger partial charge is 0.123 e. The SMILES string of the molecule is Cc1cc(NC2CCc3cc(F)ccc32)ccc1O. The van der Waals surface area contributed by atoms with Crippen molar-refractivity contribution in [1.29, 1.82) is 0 Å². The molecule has 0 heterocycles. The molecule has 3 heteroatoms. The number of aromatic hydroxyl groups is 1. The Labute approximate surface area is 111 Å². The molecule has 0 aromatic heterocycles. The second kappa shape index (κ2) is 4.57. The summed E-state index contributed by atoms with van der Waals surface area (Å²) < 4.78 is 13.2. The molecule has 0 bridgehead atoms. The highest BCUT2D eigenvalue weighted by atomic mass is 19.1. The maximum atomic E-state index is 13.2. The molecular formula is C16H16FNO. The molecule has 1 aliphatic rings. The molecule has 19 heavy (non-hydrogen) atoms. The number of hydrogen-bond donors (Lipinski definition) is 2. The van der Waals surface area contributed by atoms with Gasteiger partial charge in [0, 0.05) is 5.69 Å². The molecule has 98 valence electrons. The molecule has 2 aromatic rings. The van der Waals surface area contributed by atoms with Crippen molar-refractivity contribution < 1.29 is 9.50 Å². The minimum atomic E-state index is -0.167. The van der Waals surface area contributed by atoms with Crippen molar-refractivity contribution in [1.82, 2.24) is 0 Å². The lowest BCUT2D eigenvalue weighted by Crippen LogP contribution is -2.07. The van der Waals surface area contributed by atoms with Crippen molar-refractivity contribution in [2.45, 2.75) is 25.8 Å². The quantitative estimate of drug-likeness (QED) is 0.799. The molecule has 2 aromatic carbocycles. The molecular weight excluding hydrogens is 241 g/mol. The van der Waals surface area contributed by atoms with E-state index in [0.29, 0.717) is 5.75 Å². The van der Waals surface area contributed by atoms with Gasteiger partial charge in [-0.2, -0.15) is 0 Å². The van der Waals surface area contributed by atoms with Crippen LogP contribution in [0.1, 0.15) is 29.2 Å². The first-order chi connectivity index (χ1) is 9.13. The van der Waals surface area contributed by atoms with Gasteiger partial charge < -0.3 is 10.4 Å². The van der Waals surface area contributed by atoms with Gasteiger partial charge >= 0.3 is 0 Å². The molecule has 2 N–H and O–H groups in total. The van der Waals surface area contributed by atoms with Gasteiger partial charge in [0.15, 0.2) is 0 Å². The van der Waals surface area contributed by atoms with Crippen molar-refractivity contribution in [2.24, 2.45) is 0 Å². The normalized spacial score (nSPS) is 17.3. The Morgan fingerprint density at radius 3 is 2.84 bits per heavy atom. The Balaban J connectivity index is 1.84. The minimum absolute atomic E-state index is 0.167. The molecule has 0 spiro atoms. The standard InChI is InChI=1S/C16H16FNO/c1-10-8-13(4-7-16(10)19)18-15-6-2-11-9-12(17)3-5-14(11)15/h3-5,7-9,15,18-19H,2,6H2,1H3. The van der Waals surface area contributed by atoms with E-state index in [1.165, 1.54) is 11.6 Å². The third kappa shape index (κ3) is 2.28. The highest BCUT2D eigenvalue weighted by molar-refractivity contribution is 5.53. The second-order valence-electron chi connectivity index (χ2n) is 5.08. The van der Waals surface area contributed by atoms with Crippen molar-refractivity contribution in [2.75, 3.05) is 5.32 Å². The summed E-state index contributed by atoms with van der Waals surface area (Å²) in [6.07, 6.45) is 1.88. The van der Waals surface area contributed by atoms with Gasteiger partial charge in [-0.15, -0.1) is 0 Å². The number of phenolic OH excluding ortho intramolecular Hbond substituents is 1. The molecule has 1 aliphatic carbocycles. The highest BCUT2D eigenvalue weighted by Gasteiger charge is 2.22. The highest BCUT2D eigenvalue weighted by Crippen LogP contribution is 2.34. The van der Waals surface area contributed by atoms with E-state index in [-0.39, 0.29) is 11.9 Å². The summed E-state index contributed by atoms with van der Waals surface area (Å²) in [7, 11) is 0. The van der Waals surface area contributed by atoms with E-state index in [1.54, 1.807) is 12.1 Å². The molecule has 0 aliphatic heterocycles. The van der Waals surface area contributed by atoms with Crippen LogP contribution in [-0.4, -0.2) is 5.11 Å². The van der Waals surface area contributed by atoms with E-state index in [4.69, 9.17) is 0 Å². The second-order valence-corrected chi connectivity index (χ2v) is 5.08. The largest absolute Gasteiger partial charge is 0.508 e. The first-order valence-electron chi connectivity index (χ1n) is 6.48. The number of fused-ring (bicyclic) bond motifs is 1. The Morgan fingerprint density at radius 1 is 1.21 bits per heavy atom. The lowest BCUT2D eigenvalue weighted by atomic mass is 10.1. The third-order valence-corrected chi connectivity index (χ3v) is 3.72. The first kappa shape index (κ1) is 12.0. The van der Waals surface area contributed by atoms with Crippen molar-refractivity contribution in [3.63, 3.8) is 0 Å². The van der Waals surface area contributed by atoms with Crippen LogP contribution in [0.4, 0.5) is 10.1 Å². The molecule has 0 fully saturated rings. The van der Waals surface area contributed by atoms with Crippen LogP contribution in [0.15, 0.2) is 36.4 Å². The summed E-state index contributed by atoms with van der Waals surface area (Å²) in [6.45, 7) is 1.87. The van der Waals surface area contributed by atoms with Gasteiger partial charge in [-0.25, -0.2) is 4.39 Å². The van der Waals surface area contributed by atoms with Gasteiger partial charge in [0.25, 0.3) is 0 Å². The zero-order valence-electron chi connectivity index (χ0n) is 10.8. The zero-order chi connectivity index (χ0) is 13.4. The monoisotopic (exact) mass is 257 g/mol. The lowest BCUT2D eigenvalue weighted by Gasteiger charge is -2.16. The van der Waals surface area contributed by atoms with Gasteiger partial charge in [0.05, 0.1) is 6.04 Å². The third-order valence-electron chi connectivity index (χ3n) is 3.72. The van der Waals surface area contributed by atoms with E-state index >= 15 is 0 Å².